The van der Waals surface area contributed by atoms with Gasteiger partial charge in [0.15, 0.2) is 0 Å². The van der Waals surface area contributed by atoms with E-state index in [2.05, 4.69) is 38.8 Å². The van der Waals surface area contributed by atoms with Gasteiger partial charge in [0.05, 0.1) is 0 Å². The summed E-state index contributed by atoms with van der Waals surface area (Å²) in [4.78, 5) is 0. The zero-order chi connectivity index (χ0) is 8.20. The van der Waals surface area contributed by atoms with E-state index in [4.69, 9.17) is 0 Å². The van der Waals surface area contributed by atoms with Gasteiger partial charge in [-0.05, 0) is 12.6 Å². The normalized spacial score (nSPS) is 12.6. The summed E-state index contributed by atoms with van der Waals surface area (Å²) >= 11 is 0. The first-order valence-electron chi connectivity index (χ1n) is 4.15. The van der Waals surface area contributed by atoms with Crippen molar-refractivity contribution in [1.82, 2.24) is 5.32 Å². The molecular formula is C8H21NSi. The molecule has 0 aliphatic rings. The summed E-state index contributed by atoms with van der Waals surface area (Å²) < 4.78 is 0. The molecule has 0 aliphatic carbocycles. The molecule has 0 saturated carbocycles. The van der Waals surface area contributed by atoms with Gasteiger partial charge < -0.3 is 5.32 Å². The molecule has 2 heteroatoms. The highest BCUT2D eigenvalue weighted by atomic mass is 28.3. The van der Waals surface area contributed by atoms with E-state index >= 15 is 0 Å². The number of nitrogens with one attached hydrogen (secondary N) is 1. The Kier molecular flexibility index (Phi) is 4.21. The highest BCUT2D eigenvalue weighted by molar-refractivity contribution is 6.76. The van der Waals surface area contributed by atoms with Gasteiger partial charge in [0.2, 0.25) is 0 Å². The van der Waals surface area contributed by atoms with Crippen molar-refractivity contribution in [2.75, 3.05) is 6.54 Å². The second-order valence-corrected chi connectivity index (χ2v) is 10.0. The van der Waals surface area contributed by atoms with Gasteiger partial charge in [0.25, 0.3) is 0 Å². The van der Waals surface area contributed by atoms with E-state index in [-0.39, 0.29) is 0 Å². The molecule has 62 valence electrons. The van der Waals surface area contributed by atoms with E-state index in [9.17, 15) is 0 Å². The summed E-state index contributed by atoms with van der Waals surface area (Å²) in [5.74, 6) is 0. The van der Waals surface area contributed by atoms with Crippen LogP contribution < -0.4 is 5.32 Å². The van der Waals surface area contributed by atoms with E-state index in [1.807, 2.05) is 0 Å². The minimum Gasteiger partial charge on any atom is -0.315 e. The summed E-state index contributed by atoms with van der Waals surface area (Å²) in [6.45, 7) is 12.8. The zero-order valence-electron chi connectivity index (χ0n) is 7.99. The Balaban J connectivity index is 3.21. The van der Waals surface area contributed by atoms with Crippen LogP contribution in [-0.4, -0.2) is 20.7 Å². The molecule has 0 bridgehead atoms. The fourth-order valence-electron chi connectivity index (χ4n) is 0.736. The van der Waals surface area contributed by atoms with Crippen molar-refractivity contribution >= 4 is 8.07 Å². The summed E-state index contributed by atoms with van der Waals surface area (Å²) in [7, 11) is -0.787. The fraction of sp³-hybridized carbons (Fsp3) is 1.00. The number of rotatable bonds is 4. The molecule has 1 N–H and O–H groups in total. The van der Waals surface area contributed by atoms with Crippen LogP contribution in [0.15, 0.2) is 0 Å². The van der Waals surface area contributed by atoms with Crippen molar-refractivity contribution < 1.29 is 0 Å². The lowest BCUT2D eigenvalue weighted by Gasteiger charge is -2.16. The molecule has 0 heterocycles. The quantitative estimate of drug-likeness (QED) is 0.621. The van der Waals surface area contributed by atoms with Crippen LogP contribution in [0.3, 0.4) is 0 Å². The molecular weight excluding hydrogens is 138 g/mol. The Morgan fingerprint density at radius 1 is 1.20 bits per heavy atom. The standard InChI is InChI=1S/C8H21NSi/c1-8(2)9-6-7-10(3,4)5/h8-9H,6-7H2,1-5H3. The van der Waals surface area contributed by atoms with Crippen molar-refractivity contribution in [3.63, 3.8) is 0 Å². The Morgan fingerprint density at radius 2 is 1.70 bits per heavy atom. The molecule has 0 atom stereocenters. The van der Waals surface area contributed by atoms with Crippen LogP contribution in [0.25, 0.3) is 0 Å². The first kappa shape index (κ1) is 10.2. The van der Waals surface area contributed by atoms with Gasteiger partial charge in [-0.2, -0.15) is 0 Å². The van der Waals surface area contributed by atoms with Gasteiger partial charge in [-0.15, -0.1) is 0 Å². The van der Waals surface area contributed by atoms with Crippen LogP contribution in [0, 0.1) is 0 Å². The Morgan fingerprint density at radius 3 is 2.00 bits per heavy atom. The SMILES string of the molecule is CC(C)NCC[Si](C)(C)C. The lowest BCUT2D eigenvalue weighted by atomic mass is 10.4. The average Bonchev–Trinajstić information content (AvgIpc) is 1.59. The van der Waals surface area contributed by atoms with Crippen molar-refractivity contribution in [1.29, 1.82) is 0 Å². The predicted molar refractivity (Wildman–Crippen MR) is 51.3 cm³/mol. The maximum atomic E-state index is 3.44. The third-order valence-corrected chi connectivity index (χ3v) is 3.18. The first-order chi connectivity index (χ1) is 4.42. The van der Waals surface area contributed by atoms with Crippen LogP contribution >= 0.6 is 0 Å². The Bertz CT molecular complexity index is 83.7. The maximum Gasteiger partial charge on any atom is 0.0455 e. The maximum absolute atomic E-state index is 3.44. The molecule has 0 aromatic heterocycles. The monoisotopic (exact) mass is 159 g/mol. The van der Waals surface area contributed by atoms with Crippen LogP contribution in [0.4, 0.5) is 0 Å². The van der Waals surface area contributed by atoms with Gasteiger partial charge in [-0.1, -0.05) is 33.5 Å². The molecule has 0 radical (unpaired) electrons. The molecule has 0 aromatic rings. The summed E-state index contributed by atoms with van der Waals surface area (Å²) in [5, 5.41) is 3.44. The largest absolute Gasteiger partial charge is 0.315 e. The van der Waals surface area contributed by atoms with Crippen molar-refractivity contribution in [3.8, 4) is 0 Å². The second kappa shape index (κ2) is 4.14. The molecule has 0 fully saturated rings. The van der Waals surface area contributed by atoms with Crippen molar-refractivity contribution in [2.45, 2.75) is 45.6 Å². The van der Waals surface area contributed by atoms with Gasteiger partial charge >= 0.3 is 0 Å². The van der Waals surface area contributed by atoms with Crippen LogP contribution in [-0.2, 0) is 0 Å². The van der Waals surface area contributed by atoms with Crippen LogP contribution in [0.5, 0.6) is 0 Å². The van der Waals surface area contributed by atoms with Crippen molar-refractivity contribution in [3.05, 3.63) is 0 Å². The second-order valence-electron chi connectivity index (χ2n) is 4.42. The lowest BCUT2D eigenvalue weighted by Crippen LogP contribution is -2.30. The van der Waals surface area contributed by atoms with Crippen molar-refractivity contribution in [2.24, 2.45) is 0 Å². The molecule has 0 spiro atoms. The Labute approximate surface area is 66.2 Å². The van der Waals surface area contributed by atoms with E-state index < -0.39 is 8.07 Å². The molecule has 1 nitrogen and oxygen atoms in total. The topological polar surface area (TPSA) is 12.0 Å². The molecule has 0 rings (SSSR count). The minimum absolute atomic E-state index is 0.649. The molecule has 10 heavy (non-hydrogen) atoms. The van der Waals surface area contributed by atoms with Gasteiger partial charge in [-0.3, -0.25) is 0 Å². The van der Waals surface area contributed by atoms with Gasteiger partial charge in [0, 0.05) is 14.1 Å². The first-order valence-corrected chi connectivity index (χ1v) is 7.86. The summed E-state index contributed by atoms with van der Waals surface area (Å²) in [6.07, 6.45) is 0. The third kappa shape index (κ3) is 8.18. The number of hydrogen-bond acceptors (Lipinski definition) is 1. The van der Waals surface area contributed by atoms with E-state index in [1.54, 1.807) is 0 Å². The summed E-state index contributed by atoms with van der Waals surface area (Å²) in [5.41, 5.74) is 0. The van der Waals surface area contributed by atoms with Gasteiger partial charge in [0.1, 0.15) is 0 Å². The Hall–Kier alpha value is 0.177. The van der Waals surface area contributed by atoms with Crippen LogP contribution in [0.1, 0.15) is 13.8 Å². The average molecular weight is 159 g/mol. The minimum atomic E-state index is -0.787. The molecule has 0 unspecified atom stereocenters. The predicted octanol–water partition coefficient (Wildman–Crippen LogP) is 2.32. The van der Waals surface area contributed by atoms with Crippen LogP contribution in [0.2, 0.25) is 25.7 Å². The highest BCUT2D eigenvalue weighted by Crippen LogP contribution is 2.05. The van der Waals surface area contributed by atoms with Gasteiger partial charge in [-0.25, -0.2) is 0 Å². The molecule has 0 saturated heterocycles. The van der Waals surface area contributed by atoms with E-state index in [1.165, 1.54) is 12.6 Å². The molecule has 0 aromatic carbocycles. The fourth-order valence-corrected chi connectivity index (χ4v) is 1.63. The third-order valence-electron chi connectivity index (χ3n) is 1.43. The molecule has 0 amide bonds. The smallest absolute Gasteiger partial charge is 0.0455 e. The van der Waals surface area contributed by atoms with E-state index in [0.29, 0.717) is 6.04 Å². The summed E-state index contributed by atoms with van der Waals surface area (Å²) in [6, 6.07) is 2.04. The van der Waals surface area contributed by atoms with E-state index in [0.717, 1.165) is 0 Å². The highest BCUT2D eigenvalue weighted by Gasteiger charge is 2.11. The zero-order valence-corrected chi connectivity index (χ0v) is 8.99. The molecule has 0 aliphatic heterocycles. The lowest BCUT2D eigenvalue weighted by molar-refractivity contribution is 0.609. The number of hydrogen-bond donors (Lipinski definition) is 1.